The van der Waals surface area contributed by atoms with Crippen molar-refractivity contribution in [1.29, 1.82) is 0 Å². The van der Waals surface area contributed by atoms with Gasteiger partial charge >= 0.3 is 0 Å². The van der Waals surface area contributed by atoms with Gasteiger partial charge in [0, 0.05) is 34.6 Å². The standard InChI is InChI=1S/C26H23NO/c1-16(2)11-18-12-23-19-8-4-3-7-17(19)15-27(23)24-14-26-22(13-21(18)24)20-9-5-6-10-25(20)28-26/h3-10,12-14,16,23H,11,15H2,1-2H3. The van der Waals surface area contributed by atoms with E-state index >= 15 is 0 Å². The average molecular weight is 365 g/mol. The molecule has 0 saturated carbocycles. The molecule has 0 bridgehead atoms. The summed E-state index contributed by atoms with van der Waals surface area (Å²) in [6.45, 7) is 5.58. The Hall–Kier alpha value is -3.00. The number of furan rings is 1. The fourth-order valence-electron chi connectivity index (χ4n) is 4.98. The van der Waals surface area contributed by atoms with Gasteiger partial charge in [-0.1, -0.05) is 62.4 Å². The second-order valence-electron chi connectivity index (χ2n) is 8.53. The van der Waals surface area contributed by atoms with Gasteiger partial charge in [-0.25, -0.2) is 0 Å². The van der Waals surface area contributed by atoms with Crippen LogP contribution in [0.3, 0.4) is 0 Å². The van der Waals surface area contributed by atoms with Crippen molar-refractivity contribution in [2.24, 2.45) is 5.92 Å². The van der Waals surface area contributed by atoms with E-state index in [1.54, 1.807) is 0 Å². The van der Waals surface area contributed by atoms with E-state index < -0.39 is 0 Å². The van der Waals surface area contributed by atoms with Crippen molar-refractivity contribution in [3.63, 3.8) is 0 Å². The molecular formula is C26H23NO. The van der Waals surface area contributed by atoms with Gasteiger partial charge in [0.1, 0.15) is 11.2 Å². The van der Waals surface area contributed by atoms with Gasteiger partial charge in [0.25, 0.3) is 0 Å². The van der Waals surface area contributed by atoms with Gasteiger partial charge < -0.3 is 9.32 Å². The number of allylic oxidation sites excluding steroid dienone is 1. The number of para-hydroxylation sites is 1. The maximum absolute atomic E-state index is 6.21. The quantitative estimate of drug-likeness (QED) is 0.377. The van der Waals surface area contributed by atoms with Crippen LogP contribution in [0.4, 0.5) is 5.69 Å². The van der Waals surface area contributed by atoms with Gasteiger partial charge in [0.2, 0.25) is 0 Å². The summed E-state index contributed by atoms with van der Waals surface area (Å²) in [7, 11) is 0. The lowest BCUT2D eigenvalue weighted by Gasteiger charge is -2.33. The fraction of sp³-hybridized carbons (Fsp3) is 0.231. The molecule has 28 heavy (non-hydrogen) atoms. The molecule has 0 radical (unpaired) electrons. The molecular weight excluding hydrogens is 342 g/mol. The Morgan fingerprint density at radius 1 is 0.964 bits per heavy atom. The van der Waals surface area contributed by atoms with Crippen LogP contribution in [0.5, 0.6) is 0 Å². The van der Waals surface area contributed by atoms with Crippen LogP contribution >= 0.6 is 0 Å². The number of benzene rings is 3. The predicted octanol–water partition coefficient (Wildman–Crippen LogP) is 7.09. The number of hydrogen-bond donors (Lipinski definition) is 0. The van der Waals surface area contributed by atoms with Gasteiger partial charge in [0.05, 0.1) is 6.04 Å². The summed E-state index contributed by atoms with van der Waals surface area (Å²) in [6, 6.07) is 22.2. The number of rotatable bonds is 2. The molecule has 0 amide bonds. The molecule has 2 aliphatic heterocycles. The molecule has 1 aromatic heterocycles. The van der Waals surface area contributed by atoms with Gasteiger partial charge in [0.15, 0.2) is 0 Å². The first-order valence-electron chi connectivity index (χ1n) is 10.2. The minimum Gasteiger partial charge on any atom is -0.456 e. The molecule has 6 rings (SSSR count). The van der Waals surface area contributed by atoms with Crippen LogP contribution in [-0.4, -0.2) is 0 Å². The smallest absolute Gasteiger partial charge is 0.137 e. The van der Waals surface area contributed by atoms with Crippen LogP contribution in [0.25, 0.3) is 27.5 Å². The van der Waals surface area contributed by atoms with E-state index in [9.17, 15) is 0 Å². The minimum absolute atomic E-state index is 0.333. The second kappa shape index (κ2) is 5.75. The highest BCUT2D eigenvalue weighted by Crippen LogP contribution is 2.49. The van der Waals surface area contributed by atoms with E-state index in [1.165, 1.54) is 38.7 Å². The van der Waals surface area contributed by atoms with Crippen molar-refractivity contribution in [1.82, 2.24) is 0 Å². The Balaban J connectivity index is 1.62. The molecule has 0 N–H and O–H groups in total. The lowest BCUT2D eigenvalue weighted by atomic mass is 9.88. The Bertz CT molecular complexity index is 1260. The van der Waals surface area contributed by atoms with Gasteiger partial charge in [-0.3, -0.25) is 0 Å². The molecule has 0 spiro atoms. The van der Waals surface area contributed by atoms with Crippen LogP contribution in [0.15, 0.2) is 71.2 Å². The monoisotopic (exact) mass is 365 g/mol. The molecule has 2 heteroatoms. The normalized spacial score (nSPS) is 17.8. The Kier molecular flexibility index (Phi) is 3.28. The first kappa shape index (κ1) is 16.0. The van der Waals surface area contributed by atoms with Crippen LogP contribution < -0.4 is 4.90 Å². The van der Waals surface area contributed by atoms with E-state index in [-0.39, 0.29) is 0 Å². The number of nitrogens with zero attached hydrogens (tertiary/aromatic N) is 1. The summed E-state index contributed by atoms with van der Waals surface area (Å²) >= 11 is 0. The lowest BCUT2D eigenvalue weighted by Crippen LogP contribution is -2.24. The molecule has 2 nitrogen and oxygen atoms in total. The summed E-state index contributed by atoms with van der Waals surface area (Å²) in [4.78, 5) is 2.54. The average Bonchev–Trinajstić information content (AvgIpc) is 3.24. The molecule has 1 atom stereocenters. The SMILES string of the molecule is CC(C)CC1=CC2c3ccccc3CN2c2cc3oc4ccccc4c3cc21. The zero-order valence-electron chi connectivity index (χ0n) is 16.3. The molecule has 4 aromatic rings. The summed E-state index contributed by atoms with van der Waals surface area (Å²) in [5.41, 5.74) is 8.98. The summed E-state index contributed by atoms with van der Waals surface area (Å²) in [5.74, 6) is 0.624. The number of anilines is 1. The Morgan fingerprint density at radius 3 is 2.68 bits per heavy atom. The molecule has 3 aromatic carbocycles. The van der Waals surface area contributed by atoms with Crippen molar-refractivity contribution in [3.05, 3.63) is 83.4 Å². The third-order valence-corrected chi connectivity index (χ3v) is 6.19. The van der Waals surface area contributed by atoms with Crippen LogP contribution in [-0.2, 0) is 6.54 Å². The zero-order valence-corrected chi connectivity index (χ0v) is 16.3. The highest BCUT2D eigenvalue weighted by Gasteiger charge is 2.34. The Labute approximate surface area is 165 Å². The molecule has 1 unspecified atom stereocenters. The third-order valence-electron chi connectivity index (χ3n) is 6.19. The molecule has 138 valence electrons. The van der Waals surface area contributed by atoms with E-state index in [0.717, 1.165) is 24.1 Å². The van der Waals surface area contributed by atoms with E-state index in [1.807, 2.05) is 6.07 Å². The molecule has 3 heterocycles. The largest absolute Gasteiger partial charge is 0.456 e. The summed E-state index contributed by atoms with van der Waals surface area (Å²) in [5, 5.41) is 2.43. The first-order chi connectivity index (χ1) is 13.7. The lowest BCUT2D eigenvalue weighted by molar-refractivity contribution is 0.662. The third kappa shape index (κ3) is 2.21. The highest BCUT2D eigenvalue weighted by atomic mass is 16.3. The zero-order chi connectivity index (χ0) is 18.8. The van der Waals surface area contributed by atoms with E-state index in [0.29, 0.717) is 12.0 Å². The van der Waals surface area contributed by atoms with Crippen molar-refractivity contribution in [3.8, 4) is 0 Å². The molecule has 0 fully saturated rings. The van der Waals surface area contributed by atoms with Crippen molar-refractivity contribution < 1.29 is 4.42 Å². The van der Waals surface area contributed by atoms with Gasteiger partial charge in [-0.15, -0.1) is 0 Å². The summed E-state index contributed by atoms with van der Waals surface area (Å²) in [6.07, 6.45) is 3.60. The summed E-state index contributed by atoms with van der Waals surface area (Å²) < 4.78 is 6.21. The molecule has 2 aliphatic rings. The van der Waals surface area contributed by atoms with E-state index in [4.69, 9.17) is 4.42 Å². The molecule has 0 aliphatic carbocycles. The van der Waals surface area contributed by atoms with Crippen molar-refractivity contribution >= 4 is 33.2 Å². The highest BCUT2D eigenvalue weighted by molar-refractivity contribution is 6.08. The number of hydrogen-bond acceptors (Lipinski definition) is 2. The molecule has 0 saturated heterocycles. The maximum atomic E-state index is 6.21. The van der Waals surface area contributed by atoms with Crippen molar-refractivity contribution in [2.45, 2.75) is 32.9 Å². The predicted molar refractivity (Wildman–Crippen MR) is 117 cm³/mol. The van der Waals surface area contributed by atoms with Crippen molar-refractivity contribution in [2.75, 3.05) is 4.90 Å². The van der Waals surface area contributed by atoms with Crippen LogP contribution in [0.2, 0.25) is 0 Å². The van der Waals surface area contributed by atoms with Crippen LogP contribution in [0.1, 0.15) is 43.0 Å². The Morgan fingerprint density at radius 2 is 1.79 bits per heavy atom. The van der Waals surface area contributed by atoms with Gasteiger partial charge in [-0.2, -0.15) is 0 Å². The minimum atomic E-state index is 0.333. The number of fused-ring (bicyclic) bond motifs is 8. The van der Waals surface area contributed by atoms with Crippen LogP contribution in [0, 0.1) is 5.92 Å². The van der Waals surface area contributed by atoms with Gasteiger partial charge in [-0.05, 0) is 41.2 Å². The first-order valence-corrected chi connectivity index (χ1v) is 10.2. The van der Waals surface area contributed by atoms with E-state index in [2.05, 4.69) is 79.4 Å². The maximum Gasteiger partial charge on any atom is 0.137 e. The second-order valence-corrected chi connectivity index (χ2v) is 8.53. The fourth-order valence-corrected chi connectivity index (χ4v) is 4.98. The topological polar surface area (TPSA) is 16.4 Å².